The minimum Gasteiger partial charge on any atom is -0.336 e. The molecular formula is C31H32ClN5O6S2. The van der Waals surface area contributed by atoms with Crippen LogP contribution in [0.4, 0.5) is 0 Å². The molecule has 2 amide bonds. The minimum absolute atomic E-state index is 0.0279. The largest absolute Gasteiger partial charge is 0.336 e. The Kier molecular flexibility index (Phi) is 8.57. The standard InChI is InChI=1S/C31H32ClN5O6S2/c1-21-19-36(45(42,43)29-6-2-4-24-18-33-12-11-27(24)29)14-15-37(21)30(38)20-35-13-3-5-28(31(35)39)34-44(40,41)26-10-8-22-16-25(32)9-7-23(22)17-26/h2,4,6-12,16-18,21,28,34H,3,5,13-15,19-20H2,1H3. The van der Waals surface area contributed by atoms with Crippen molar-refractivity contribution >= 4 is 65.0 Å². The number of carbonyl (C=O) groups excluding carboxylic acids is 2. The molecule has 2 atom stereocenters. The third-order valence-electron chi connectivity index (χ3n) is 8.41. The number of pyridine rings is 1. The van der Waals surface area contributed by atoms with Crippen molar-refractivity contribution in [3.63, 3.8) is 0 Å². The Morgan fingerprint density at radius 1 is 0.978 bits per heavy atom. The fraction of sp³-hybridized carbons (Fsp3) is 0.323. The lowest BCUT2D eigenvalue weighted by atomic mass is 10.1. The van der Waals surface area contributed by atoms with Crippen molar-refractivity contribution in [3.8, 4) is 0 Å². The molecule has 1 aromatic heterocycles. The summed E-state index contributed by atoms with van der Waals surface area (Å²) in [5.74, 6) is -0.786. The first kappa shape index (κ1) is 31.4. The number of hydrogen-bond acceptors (Lipinski definition) is 7. The zero-order valence-corrected chi connectivity index (χ0v) is 26.9. The lowest BCUT2D eigenvalue weighted by molar-refractivity contribution is -0.145. The fourth-order valence-electron chi connectivity index (χ4n) is 6.05. The van der Waals surface area contributed by atoms with Crippen molar-refractivity contribution in [2.24, 2.45) is 0 Å². The molecule has 45 heavy (non-hydrogen) atoms. The monoisotopic (exact) mass is 669 g/mol. The molecule has 3 aromatic carbocycles. The number of benzene rings is 3. The van der Waals surface area contributed by atoms with Crippen LogP contribution in [0.25, 0.3) is 21.5 Å². The summed E-state index contributed by atoms with van der Waals surface area (Å²) in [4.78, 5) is 34.0. The van der Waals surface area contributed by atoms with E-state index in [2.05, 4.69) is 9.71 Å². The molecule has 14 heteroatoms. The molecule has 2 aliphatic heterocycles. The highest BCUT2D eigenvalue weighted by atomic mass is 35.5. The second-order valence-electron chi connectivity index (χ2n) is 11.4. The molecule has 236 valence electrons. The van der Waals surface area contributed by atoms with Gasteiger partial charge in [-0.2, -0.15) is 9.03 Å². The topological polar surface area (TPSA) is 137 Å². The van der Waals surface area contributed by atoms with Crippen molar-refractivity contribution in [1.82, 2.24) is 23.8 Å². The molecule has 2 saturated heterocycles. The number of piperidine rings is 1. The van der Waals surface area contributed by atoms with Crippen LogP contribution >= 0.6 is 11.6 Å². The molecule has 2 fully saturated rings. The predicted molar refractivity (Wildman–Crippen MR) is 171 cm³/mol. The maximum Gasteiger partial charge on any atom is 0.243 e. The van der Waals surface area contributed by atoms with Crippen molar-refractivity contribution in [1.29, 1.82) is 0 Å². The van der Waals surface area contributed by atoms with Gasteiger partial charge in [-0.3, -0.25) is 14.6 Å². The quantitative estimate of drug-likeness (QED) is 0.319. The highest BCUT2D eigenvalue weighted by molar-refractivity contribution is 7.89. The van der Waals surface area contributed by atoms with Gasteiger partial charge in [0, 0.05) is 60.4 Å². The van der Waals surface area contributed by atoms with E-state index in [0.29, 0.717) is 35.2 Å². The molecule has 0 radical (unpaired) electrons. The van der Waals surface area contributed by atoms with Gasteiger partial charge in [0.05, 0.1) is 16.3 Å². The average molecular weight is 670 g/mol. The third kappa shape index (κ3) is 6.27. The van der Waals surface area contributed by atoms with E-state index in [4.69, 9.17) is 11.6 Å². The maximum atomic E-state index is 13.6. The Morgan fingerprint density at radius 3 is 2.56 bits per heavy atom. The Labute approximate surface area is 266 Å². The summed E-state index contributed by atoms with van der Waals surface area (Å²) < 4.78 is 57.6. The van der Waals surface area contributed by atoms with E-state index in [0.717, 1.165) is 10.8 Å². The number of nitrogens with one attached hydrogen (secondary N) is 1. The maximum absolute atomic E-state index is 13.6. The third-order valence-corrected chi connectivity index (χ3v) is 12.0. The van der Waals surface area contributed by atoms with Crippen molar-refractivity contribution < 1.29 is 26.4 Å². The SMILES string of the molecule is CC1CN(S(=O)(=O)c2cccc3cnccc23)CCN1C(=O)CN1CCCC(NS(=O)(=O)c2ccc3cc(Cl)ccc3c2)C1=O. The first-order valence-electron chi connectivity index (χ1n) is 14.6. The van der Waals surface area contributed by atoms with Gasteiger partial charge in [0.15, 0.2) is 0 Å². The van der Waals surface area contributed by atoms with E-state index in [-0.39, 0.29) is 41.9 Å². The van der Waals surface area contributed by atoms with Gasteiger partial charge in [-0.1, -0.05) is 35.9 Å². The van der Waals surface area contributed by atoms with Crippen LogP contribution in [0.2, 0.25) is 5.02 Å². The summed E-state index contributed by atoms with van der Waals surface area (Å²) >= 11 is 6.04. The lowest BCUT2D eigenvalue weighted by Crippen LogP contribution is -2.59. The first-order chi connectivity index (χ1) is 21.4. The minimum atomic E-state index is -4.02. The normalized spacial score (nSPS) is 20.2. The number of fused-ring (bicyclic) bond motifs is 2. The van der Waals surface area contributed by atoms with Crippen molar-refractivity contribution in [2.75, 3.05) is 32.7 Å². The van der Waals surface area contributed by atoms with Gasteiger partial charge in [0.25, 0.3) is 0 Å². The molecular weight excluding hydrogens is 638 g/mol. The summed E-state index contributed by atoms with van der Waals surface area (Å²) in [5, 5.41) is 3.33. The summed E-state index contributed by atoms with van der Waals surface area (Å²) in [6, 6.07) is 15.1. The Bertz CT molecular complexity index is 2020. The number of carbonyl (C=O) groups is 2. The molecule has 1 N–H and O–H groups in total. The van der Waals surface area contributed by atoms with Crippen LogP contribution in [0, 0.1) is 0 Å². The van der Waals surface area contributed by atoms with Gasteiger partial charge in [0.2, 0.25) is 31.9 Å². The molecule has 2 unspecified atom stereocenters. The highest BCUT2D eigenvalue weighted by Crippen LogP contribution is 2.28. The lowest BCUT2D eigenvalue weighted by Gasteiger charge is -2.40. The van der Waals surface area contributed by atoms with E-state index >= 15 is 0 Å². The fourth-order valence-corrected chi connectivity index (χ4v) is 9.21. The van der Waals surface area contributed by atoms with Crippen molar-refractivity contribution in [2.45, 2.75) is 41.6 Å². The summed E-state index contributed by atoms with van der Waals surface area (Å²) in [5.41, 5.74) is 0. The van der Waals surface area contributed by atoms with E-state index in [1.165, 1.54) is 21.3 Å². The molecule has 0 spiro atoms. The van der Waals surface area contributed by atoms with Crippen LogP contribution in [0.5, 0.6) is 0 Å². The van der Waals surface area contributed by atoms with Crippen LogP contribution < -0.4 is 4.72 Å². The molecule has 11 nitrogen and oxygen atoms in total. The summed E-state index contributed by atoms with van der Waals surface area (Å²) in [7, 11) is -7.86. The van der Waals surface area contributed by atoms with Gasteiger partial charge in [0.1, 0.15) is 6.04 Å². The van der Waals surface area contributed by atoms with Gasteiger partial charge in [-0.25, -0.2) is 16.8 Å². The molecule has 4 aromatic rings. The van der Waals surface area contributed by atoms with E-state index in [9.17, 15) is 26.4 Å². The molecule has 2 aliphatic rings. The molecule has 6 rings (SSSR count). The number of aromatic nitrogens is 1. The Hall–Kier alpha value is -3.62. The van der Waals surface area contributed by atoms with Gasteiger partial charge < -0.3 is 9.80 Å². The van der Waals surface area contributed by atoms with Crippen LogP contribution in [-0.4, -0.2) is 92.5 Å². The van der Waals surface area contributed by atoms with Crippen LogP contribution in [-0.2, 0) is 29.6 Å². The molecule has 0 aliphatic carbocycles. The number of rotatable bonds is 7. The van der Waals surface area contributed by atoms with Crippen LogP contribution in [0.1, 0.15) is 19.8 Å². The van der Waals surface area contributed by atoms with E-state index < -0.39 is 38.0 Å². The number of halogens is 1. The molecule has 0 saturated carbocycles. The summed E-state index contributed by atoms with van der Waals surface area (Å²) in [6.07, 6.45) is 4.00. The van der Waals surface area contributed by atoms with Crippen molar-refractivity contribution in [3.05, 3.63) is 78.1 Å². The smallest absolute Gasteiger partial charge is 0.243 e. The van der Waals surface area contributed by atoms with Gasteiger partial charge in [-0.15, -0.1) is 0 Å². The molecule has 3 heterocycles. The number of sulfonamides is 2. The number of piperazine rings is 1. The van der Waals surface area contributed by atoms with Gasteiger partial charge in [-0.05, 0) is 66.9 Å². The number of hydrogen-bond donors (Lipinski definition) is 1. The highest BCUT2D eigenvalue weighted by Gasteiger charge is 2.38. The first-order valence-corrected chi connectivity index (χ1v) is 17.9. The predicted octanol–water partition coefficient (Wildman–Crippen LogP) is 3.23. The number of likely N-dealkylation sites (tertiary alicyclic amines) is 1. The average Bonchev–Trinajstić information content (AvgIpc) is 3.02. The Morgan fingerprint density at radius 2 is 1.76 bits per heavy atom. The second-order valence-corrected chi connectivity index (χ2v) is 15.4. The zero-order chi connectivity index (χ0) is 31.9. The van der Waals surface area contributed by atoms with E-state index in [1.54, 1.807) is 72.7 Å². The zero-order valence-electron chi connectivity index (χ0n) is 24.5. The summed E-state index contributed by atoms with van der Waals surface area (Å²) in [6.45, 7) is 2.24. The van der Waals surface area contributed by atoms with Crippen LogP contribution in [0.15, 0.2) is 82.8 Å². The molecule has 0 bridgehead atoms. The Balaban J connectivity index is 1.10. The second kappa shape index (κ2) is 12.3. The number of nitrogens with zero attached hydrogens (tertiary/aromatic N) is 4. The van der Waals surface area contributed by atoms with Crippen LogP contribution in [0.3, 0.4) is 0 Å². The van der Waals surface area contributed by atoms with E-state index in [1.807, 2.05) is 0 Å². The van der Waals surface area contributed by atoms with Gasteiger partial charge >= 0.3 is 0 Å². The number of amides is 2.